The summed E-state index contributed by atoms with van der Waals surface area (Å²) >= 11 is 0. The molecule has 2 nitrogen and oxygen atoms in total. The molecule has 2 heterocycles. The first-order chi connectivity index (χ1) is 56.0. The zero-order valence-electron chi connectivity index (χ0n) is 61.8. The van der Waals surface area contributed by atoms with E-state index in [2.05, 4.69) is 428 Å². The fraction of sp³-hybridized carbons (Fsp3) is 0. The van der Waals surface area contributed by atoms with E-state index in [-0.39, 0.29) is 6.71 Å². The molecule has 2 aliphatic rings. The quantitative estimate of drug-likeness (QED) is 0.126. The fourth-order valence-electron chi connectivity index (χ4n) is 19.1. The van der Waals surface area contributed by atoms with E-state index in [1.165, 1.54) is 169 Å². The Hall–Kier alpha value is -14.6. The van der Waals surface area contributed by atoms with Gasteiger partial charge in [-0.1, -0.05) is 322 Å². The van der Waals surface area contributed by atoms with E-state index in [0.29, 0.717) is 0 Å². The molecule has 0 amide bonds. The summed E-state index contributed by atoms with van der Waals surface area (Å²) in [4.78, 5) is 5.14. The van der Waals surface area contributed by atoms with Crippen molar-refractivity contribution in [2.45, 2.75) is 0 Å². The summed E-state index contributed by atoms with van der Waals surface area (Å²) in [5, 5.41) is 19.5. The lowest BCUT2D eigenvalue weighted by atomic mass is 9.33. The van der Waals surface area contributed by atoms with Crippen molar-refractivity contribution in [1.82, 2.24) is 0 Å². The second-order valence-corrected chi connectivity index (χ2v) is 30.5. The highest BCUT2D eigenvalue weighted by Gasteiger charge is 2.44. The smallest absolute Gasteiger partial charge is 0.252 e. The van der Waals surface area contributed by atoms with Crippen LogP contribution in [0.15, 0.2) is 419 Å². The Bertz CT molecular complexity index is 7060. The van der Waals surface area contributed by atoms with E-state index in [0.717, 1.165) is 56.4 Å². The van der Waals surface area contributed by atoms with Gasteiger partial charge in [-0.15, -0.1) is 0 Å². The predicted molar refractivity (Wildman–Crippen MR) is 484 cm³/mol. The molecule has 23 rings (SSSR count). The number of hydrogen-bond acceptors (Lipinski definition) is 2. The third-order valence-electron chi connectivity index (χ3n) is 24.3. The van der Waals surface area contributed by atoms with Crippen molar-refractivity contribution in [3.05, 3.63) is 419 Å². The van der Waals surface area contributed by atoms with Crippen molar-refractivity contribution in [3.8, 4) is 89.0 Å². The first kappa shape index (κ1) is 64.4. The summed E-state index contributed by atoms with van der Waals surface area (Å²) in [7, 11) is 0. The summed E-state index contributed by atoms with van der Waals surface area (Å²) in [6.45, 7) is -0.234. The molecule has 0 unspecified atom stereocenters. The molecular weight excluding hydrogens is 1360 g/mol. The number of rotatable bonds is 10. The molecule has 0 bridgehead atoms. The van der Waals surface area contributed by atoms with E-state index in [1.54, 1.807) is 0 Å². The van der Waals surface area contributed by atoms with E-state index in [1.807, 2.05) is 0 Å². The molecule has 2 aliphatic heterocycles. The summed E-state index contributed by atoms with van der Waals surface area (Å²) < 4.78 is 0. The van der Waals surface area contributed by atoms with Crippen LogP contribution in [0.1, 0.15) is 0 Å². The lowest BCUT2D eigenvalue weighted by molar-refractivity contribution is 1.25. The fourth-order valence-corrected chi connectivity index (χ4v) is 19.1. The molecule has 3 heteroatoms. The third-order valence-corrected chi connectivity index (χ3v) is 24.3. The highest BCUT2D eigenvalue weighted by atomic mass is 15.2. The van der Waals surface area contributed by atoms with Crippen molar-refractivity contribution in [1.29, 1.82) is 0 Å². The standard InChI is InChI=1S/C110H69BN2/c1-5-30-80-64-100(92-42-17-34-70-22-9-13-38-88(70)92)96(60-76(80)26-1)74-48-54-86(55-49-74)112-106-58-52-84(98-62-78-28-3-7-32-82(78)66-102(98)94-44-19-36-72-24-11-15-40-90(72)94)68-104(106)111-105-69-85(99-63-79-29-4-8-33-83(79)67-103(99)95-45-20-37-73-25-12-16-41-91(73)95)53-59-107(105)113(109-47-21-46-108(112)110(109)111)87-56-50-75(51-57-87)97-61-77-27-2-6-31-81(77)65-101(97)93-43-18-35-71-23-10-14-39-89(71)93/h1-69H. The van der Waals surface area contributed by atoms with Crippen LogP contribution in [0, 0.1) is 0 Å². The molecule has 0 fully saturated rings. The molecule has 0 saturated heterocycles. The minimum absolute atomic E-state index is 0.234. The van der Waals surface area contributed by atoms with Gasteiger partial charge in [-0.25, -0.2) is 0 Å². The van der Waals surface area contributed by atoms with Crippen molar-refractivity contribution in [2.24, 2.45) is 0 Å². The summed E-state index contributed by atoms with van der Waals surface area (Å²) in [5.74, 6) is 0. The minimum Gasteiger partial charge on any atom is -0.311 e. The number of fused-ring (bicyclic) bond motifs is 12. The molecule has 0 radical (unpaired) electrons. The van der Waals surface area contributed by atoms with E-state index in [4.69, 9.17) is 0 Å². The normalized spacial score (nSPS) is 12.4. The largest absolute Gasteiger partial charge is 0.311 e. The van der Waals surface area contributed by atoms with Crippen molar-refractivity contribution < 1.29 is 0 Å². The van der Waals surface area contributed by atoms with Crippen LogP contribution < -0.4 is 26.2 Å². The molecule has 0 aromatic heterocycles. The van der Waals surface area contributed by atoms with Crippen LogP contribution in [0.25, 0.3) is 175 Å². The first-order valence-corrected chi connectivity index (χ1v) is 39.3. The van der Waals surface area contributed by atoms with Gasteiger partial charge in [0.1, 0.15) is 0 Å². The van der Waals surface area contributed by atoms with E-state index in [9.17, 15) is 0 Å². The molecule has 21 aromatic rings. The van der Waals surface area contributed by atoms with Crippen molar-refractivity contribution in [3.63, 3.8) is 0 Å². The third kappa shape index (κ3) is 10.6. The van der Waals surface area contributed by atoms with Gasteiger partial charge in [0.2, 0.25) is 0 Å². The van der Waals surface area contributed by atoms with Crippen LogP contribution >= 0.6 is 0 Å². The zero-order valence-corrected chi connectivity index (χ0v) is 61.8. The second kappa shape index (κ2) is 26.0. The maximum Gasteiger partial charge on any atom is 0.252 e. The van der Waals surface area contributed by atoms with Crippen LogP contribution in [-0.2, 0) is 0 Å². The molecule has 0 N–H and O–H groups in total. The summed E-state index contributed by atoms with van der Waals surface area (Å²) in [5.41, 5.74) is 29.5. The van der Waals surface area contributed by atoms with Gasteiger partial charge in [0, 0.05) is 34.1 Å². The van der Waals surface area contributed by atoms with Gasteiger partial charge in [-0.05, 0) is 289 Å². The Kier molecular flexibility index (Phi) is 14.8. The molecule has 0 saturated carbocycles. The lowest BCUT2D eigenvalue weighted by Crippen LogP contribution is -2.61. The molecule has 522 valence electrons. The van der Waals surface area contributed by atoms with Gasteiger partial charge in [-0.2, -0.15) is 0 Å². The summed E-state index contributed by atoms with van der Waals surface area (Å²) in [6, 6.07) is 158. The van der Waals surface area contributed by atoms with Gasteiger partial charge in [0.15, 0.2) is 0 Å². The Labute approximate surface area is 656 Å². The van der Waals surface area contributed by atoms with Gasteiger partial charge >= 0.3 is 0 Å². The molecule has 113 heavy (non-hydrogen) atoms. The number of hydrogen-bond donors (Lipinski definition) is 0. The maximum absolute atomic E-state index is 2.57. The van der Waals surface area contributed by atoms with Gasteiger partial charge in [-0.3, -0.25) is 0 Å². The molecule has 0 spiro atoms. The Balaban J connectivity index is 0.771. The average Bonchev–Trinajstić information content (AvgIpc) is 0.694. The number of benzene rings is 21. The molecular formula is C110H69BN2. The van der Waals surface area contributed by atoms with Gasteiger partial charge < -0.3 is 9.80 Å². The van der Waals surface area contributed by atoms with Crippen LogP contribution in [0.5, 0.6) is 0 Å². The summed E-state index contributed by atoms with van der Waals surface area (Å²) in [6.07, 6.45) is 0. The SMILES string of the molecule is c1cc2c3c(c1)N(c1ccc(-c4cc5ccccc5cc4-c4cccc5ccccc45)cc1)c1ccc(-c4cc5ccccc5cc4-c4cccc5ccccc45)cc1B3c1cc(-c3cc4ccccc4cc3-c3cccc4ccccc34)ccc1N2c1ccc(-c2cc3ccccc3cc2-c2cccc3ccccc23)cc1. The molecule has 21 aromatic carbocycles. The topological polar surface area (TPSA) is 6.48 Å². The second-order valence-electron chi connectivity index (χ2n) is 30.5. The average molecular weight is 1430 g/mol. The van der Waals surface area contributed by atoms with Crippen LogP contribution in [0.3, 0.4) is 0 Å². The lowest BCUT2D eigenvalue weighted by Gasteiger charge is -2.44. The van der Waals surface area contributed by atoms with Crippen LogP contribution in [0.2, 0.25) is 0 Å². The van der Waals surface area contributed by atoms with Gasteiger partial charge in [0.25, 0.3) is 6.71 Å². The first-order valence-electron chi connectivity index (χ1n) is 39.3. The maximum atomic E-state index is 2.57. The van der Waals surface area contributed by atoms with Crippen LogP contribution in [0.4, 0.5) is 34.1 Å². The highest BCUT2D eigenvalue weighted by molar-refractivity contribution is 7.00. The Morgan fingerprint density at radius 3 is 0.673 bits per heavy atom. The predicted octanol–water partition coefficient (Wildman–Crippen LogP) is 28.3. The van der Waals surface area contributed by atoms with Crippen molar-refractivity contribution in [2.75, 3.05) is 9.80 Å². The number of anilines is 6. The van der Waals surface area contributed by atoms with E-state index < -0.39 is 0 Å². The number of nitrogens with zero attached hydrogens (tertiary/aromatic N) is 2. The van der Waals surface area contributed by atoms with Crippen LogP contribution in [-0.4, -0.2) is 6.71 Å². The monoisotopic (exact) mass is 1430 g/mol. The highest BCUT2D eigenvalue weighted by Crippen LogP contribution is 2.50. The molecule has 0 aliphatic carbocycles. The zero-order chi connectivity index (χ0) is 74.2. The molecule has 0 atom stereocenters. The van der Waals surface area contributed by atoms with Crippen molar-refractivity contribution >= 4 is 143 Å². The Morgan fingerprint density at radius 1 is 0.150 bits per heavy atom. The Morgan fingerprint density at radius 2 is 0.381 bits per heavy atom. The van der Waals surface area contributed by atoms with Gasteiger partial charge in [0.05, 0.1) is 0 Å². The van der Waals surface area contributed by atoms with E-state index >= 15 is 0 Å². The minimum atomic E-state index is -0.234.